The highest BCUT2D eigenvalue weighted by molar-refractivity contribution is 5.69. The van der Waals surface area contributed by atoms with Crippen LogP contribution >= 0.6 is 0 Å². The van der Waals surface area contributed by atoms with Crippen LogP contribution in [0.5, 0.6) is 0 Å². The van der Waals surface area contributed by atoms with E-state index in [-0.39, 0.29) is 6.10 Å². The zero-order valence-electron chi connectivity index (χ0n) is 13.1. The molecule has 1 saturated carbocycles. The molecule has 4 heteroatoms. The molecule has 0 bridgehead atoms. The van der Waals surface area contributed by atoms with Crippen molar-refractivity contribution in [3.63, 3.8) is 0 Å². The third-order valence-corrected chi connectivity index (χ3v) is 4.30. The van der Waals surface area contributed by atoms with Crippen LogP contribution in [0.3, 0.4) is 0 Å². The monoisotopic (exact) mass is 290 g/mol. The van der Waals surface area contributed by atoms with Gasteiger partial charge in [0.25, 0.3) is 0 Å². The van der Waals surface area contributed by atoms with Gasteiger partial charge >= 0.3 is 6.09 Å². The van der Waals surface area contributed by atoms with Crippen molar-refractivity contribution in [2.45, 2.75) is 46.1 Å². The maximum Gasteiger partial charge on any atom is 0.426 e. The van der Waals surface area contributed by atoms with Crippen molar-refractivity contribution in [3.8, 4) is 0 Å². The minimum Gasteiger partial charge on any atom is -0.445 e. The Morgan fingerprint density at radius 3 is 2.62 bits per heavy atom. The number of para-hydroxylation sites is 1. The number of amides is 1. The second kappa shape index (κ2) is 7.34. The zero-order chi connectivity index (χ0) is 15.2. The smallest absolute Gasteiger partial charge is 0.426 e. The molecule has 1 amide bonds. The van der Waals surface area contributed by atoms with Gasteiger partial charge in [-0.25, -0.2) is 10.2 Å². The molecule has 1 fully saturated rings. The van der Waals surface area contributed by atoms with Crippen molar-refractivity contribution >= 4 is 11.8 Å². The van der Waals surface area contributed by atoms with Crippen LogP contribution in [0.4, 0.5) is 10.5 Å². The van der Waals surface area contributed by atoms with E-state index in [1.54, 1.807) is 0 Å². The van der Waals surface area contributed by atoms with E-state index in [2.05, 4.69) is 31.6 Å². The van der Waals surface area contributed by atoms with Gasteiger partial charge in [0.15, 0.2) is 0 Å². The Morgan fingerprint density at radius 1 is 1.24 bits per heavy atom. The largest absolute Gasteiger partial charge is 0.445 e. The number of benzene rings is 1. The highest BCUT2D eigenvalue weighted by Gasteiger charge is 2.33. The Morgan fingerprint density at radius 2 is 1.95 bits per heavy atom. The normalized spacial score (nSPS) is 25.4. The molecular formula is C17H26N2O2. The maximum absolute atomic E-state index is 12.0. The number of hydrogen-bond donors (Lipinski definition) is 2. The fourth-order valence-corrected chi connectivity index (χ4v) is 3.06. The summed E-state index contributed by atoms with van der Waals surface area (Å²) in [6, 6.07) is 9.53. The predicted octanol–water partition coefficient (Wildman–Crippen LogP) is 4.20. The fraction of sp³-hybridized carbons (Fsp3) is 0.588. The third-order valence-electron chi connectivity index (χ3n) is 4.30. The molecule has 0 saturated heterocycles. The van der Waals surface area contributed by atoms with Crippen LogP contribution in [0, 0.1) is 17.8 Å². The van der Waals surface area contributed by atoms with Gasteiger partial charge in [0, 0.05) is 0 Å². The highest BCUT2D eigenvalue weighted by Crippen LogP contribution is 2.35. The molecule has 1 aromatic rings. The Kier molecular flexibility index (Phi) is 5.48. The summed E-state index contributed by atoms with van der Waals surface area (Å²) in [6.45, 7) is 6.64. The lowest BCUT2D eigenvalue weighted by atomic mass is 9.75. The minimum absolute atomic E-state index is 0.0197. The molecule has 0 heterocycles. The van der Waals surface area contributed by atoms with Crippen molar-refractivity contribution in [1.82, 2.24) is 5.43 Å². The Labute approximate surface area is 127 Å². The number of carbonyl (C=O) groups excluding carboxylic acids is 1. The molecule has 4 nitrogen and oxygen atoms in total. The fourth-order valence-electron chi connectivity index (χ4n) is 3.06. The number of hydrogen-bond acceptors (Lipinski definition) is 3. The van der Waals surface area contributed by atoms with Crippen LogP contribution < -0.4 is 10.9 Å². The van der Waals surface area contributed by atoms with E-state index in [0.29, 0.717) is 17.8 Å². The van der Waals surface area contributed by atoms with E-state index in [1.807, 2.05) is 30.3 Å². The standard InChI is InChI=1S/C17H26N2O2/c1-12(2)15-10-9-13(3)11-16(15)21-17(20)19-18-14-7-5-4-6-8-14/h4-8,12-13,15-16,18H,9-11H2,1-3H3,(H,19,20)/t13-,15+,16?/m1/s1. The number of rotatable bonds is 4. The molecule has 0 radical (unpaired) electrons. The Hall–Kier alpha value is -1.71. The quantitative estimate of drug-likeness (QED) is 0.817. The second-order valence-corrected chi connectivity index (χ2v) is 6.39. The van der Waals surface area contributed by atoms with E-state index in [4.69, 9.17) is 4.74 Å². The zero-order valence-corrected chi connectivity index (χ0v) is 13.1. The van der Waals surface area contributed by atoms with Crippen molar-refractivity contribution in [3.05, 3.63) is 30.3 Å². The average molecular weight is 290 g/mol. The molecular weight excluding hydrogens is 264 g/mol. The molecule has 21 heavy (non-hydrogen) atoms. The Balaban J connectivity index is 1.85. The number of nitrogens with one attached hydrogen (secondary N) is 2. The first-order valence-corrected chi connectivity index (χ1v) is 7.84. The molecule has 116 valence electrons. The first-order valence-electron chi connectivity index (χ1n) is 7.84. The first kappa shape index (κ1) is 15.7. The third kappa shape index (κ3) is 4.66. The topological polar surface area (TPSA) is 50.4 Å². The van der Waals surface area contributed by atoms with Crippen LogP contribution in [0.15, 0.2) is 30.3 Å². The van der Waals surface area contributed by atoms with Crippen molar-refractivity contribution in [2.24, 2.45) is 17.8 Å². The summed E-state index contributed by atoms with van der Waals surface area (Å²) in [5, 5.41) is 0. The molecule has 3 atom stereocenters. The van der Waals surface area contributed by atoms with Gasteiger partial charge in [-0.1, -0.05) is 45.4 Å². The summed E-state index contributed by atoms with van der Waals surface area (Å²) in [4.78, 5) is 12.0. The molecule has 0 spiro atoms. The van der Waals surface area contributed by atoms with Crippen LogP contribution in [0.1, 0.15) is 40.0 Å². The summed E-state index contributed by atoms with van der Waals surface area (Å²) in [6.07, 6.45) is 2.95. The molecule has 1 aromatic carbocycles. The van der Waals surface area contributed by atoms with E-state index in [0.717, 1.165) is 18.5 Å². The van der Waals surface area contributed by atoms with Gasteiger partial charge in [-0.15, -0.1) is 0 Å². The average Bonchev–Trinajstić information content (AvgIpc) is 2.46. The summed E-state index contributed by atoms with van der Waals surface area (Å²) in [5.74, 6) is 1.63. The number of carbonyl (C=O) groups is 1. The molecule has 2 rings (SSSR count). The van der Waals surface area contributed by atoms with Crippen LogP contribution in [0.25, 0.3) is 0 Å². The first-order chi connectivity index (χ1) is 10.1. The van der Waals surface area contributed by atoms with Crippen LogP contribution in [-0.4, -0.2) is 12.2 Å². The van der Waals surface area contributed by atoms with Gasteiger partial charge in [-0.05, 0) is 42.7 Å². The maximum atomic E-state index is 12.0. The van der Waals surface area contributed by atoms with E-state index >= 15 is 0 Å². The molecule has 0 aromatic heterocycles. The van der Waals surface area contributed by atoms with Gasteiger partial charge in [-0.2, -0.15) is 0 Å². The van der Waals surface area contributed by atoms with Crippen LogP contribution in [-0.2, 0) is 4.74 Å². The lowest BCUT2D eigenvalue weighted by molar-refractivity contribution is 0.00701. The Bertz CT molecular complexity index is 447. The predicted molar refractivity (Wildman–Crippen MR) is 84.8 cm³/mol. The number of ether oxygens (including phenoxy) is 1. The van der Waals surface area contributed by atoms with Gasteiger partial charge in [0.05, 0.1) is 5.69 Å². The van der Waals surface area contributed by atoms with Crippen LogP contribution in [0.2, 0.25) is 0 Å². The van der Waals surface area contributed by atoms with Gasteiger partial charge in [-0.3, -0.25) is 5.43 Å². The lowest BCUT2D eigenvalue weighted by Gasteiger charge is -2.36. The summed E-state index contributed by atoms with van der Waals surface area (Å²) >= 11 is 0. The number of hydrazine groups is 1. The van der Waals surface area contributed by atoms with Crippen molar-refractivity contribution < 1.29 is 9.53 Å². The van der Waals surface area contributed by atoms with Gasteiger partial charge in [0.1, 0.15) is 6.10 Å². The van der Waals surface area contributed by atoms with Crippen molar-refractivity contribution in [1.29, 1.82) is 0 Å². The van der Waals surface area contributed by atoms with Gasteiger partial charge in [0.2, 0.25) is 0 Å². The summed E-state index contributed by atoms with van der Waals surface area (Å²) < 4.78 is 5.64. The lowest BCUT2D eigenvalue weighted by Crippen LogP contribution is -2.40. The highest BCUT2D eigenvalue weighted by atomic mass is 16.6. The molecule has 1 aliphatic carbocycles. The minimum atomic E-state index is -0.399. The molecule has 2 N–H and O–H groups in total. The summed E-state index contributed by atoms with van der Waals surface area (Å²) in [7, 11) is 0. The molecule has 1 unspecified atom stereocenters. The van der Waals surface area contributed by atoms with Crippen molar-refractivity contribution in [2.75, 3.05) is 5.43 Å². The number of anilines is 1. The SMILES string of the molecule is CC(C)[C@@H]1CC[C@@H](C)CC1OC(=O)NNc1ccccc1. The van der Waals surface area contributed by atoms with E-state index < -0.39 is 6.09 Å². The van der Waals surface area contributed by atoms with E-state index in [9.17, 15) is 4.79 Å². The molecule has 1 aliphatic rings. The van der Waals surface area contributed by atoms with E-state index in [1.165, 1.54) is 6.42 Å². The second-order valence-electron chi connectivity index (χ2n) is 6.39. The van der Waals surface area contributed by atoms with Gasteiger partial charge < -0.3 is 4.74 Å². The summed E-state index contributed by atoms with van der Waals surface area (Å²) in [5.41, 5.74) is 6.31. The molecule has 0 aliphatic heterocycles.